The van der Waals surface area contributed by atoms with E-state index in [9.17, 15) is 14.7 Å². The number of rotatable bonds is 4. The van der Waals surface area contributed by atoms with Crippen molar-refractivity contribution in [3.05, 3.63) is 35.4 Å². The van der Waals surface area contributed by atoms with Gasteiger partial charge in [-0.15, -0.1) is 0 Å². The molecular weight excluding hydrogens is 242 g/mol. The Bertz CT molecular complexity index is 534. The highest BCUT2D eigenvalue weighted by Crippen LogP contribution is 2.41. The minimum absolute atomic E-state index is 0.0359. The molecule has 1 amide bonds. The summed E-state index contributed by atoms with van der Waals surface area (Å²) in [6.07, 6.45) is 3.05. The standard InChI is InChI=1S/C15H17NO3/c17-13(12-8-10-4-1-2-5-11(10)12)16-9-15(14(18)19)6-3-7-15/h1-2,4-5,12H,3,6-9H2,(H,16,17)(H,18,19). The van der Waals surface area contributed by atoms with Crippen molar-refractivity contribution >= 4 is 11.9 Å². The molecule has 2 aliphatic carbocycles. The van der Waals surface area contributed by atoms with E-state index >= 15 is 0 Å². The summed E-state index contributed by atoms with van der Waals surface area (Å²) in [7, 11) is 0. The number of hydrogen-bond acceptors (Lipinski definition) is 2. The summed E-state index contributed by atoms with van der Waals surface area (Å²) in [5, 5.41) is 12.0. The second-order valence-corrected chi connectivity index (χ2v) is 5.61. The number of carboxylic acids is 1. The van der Waals surface area contributed by atoms with Gasteiger partial charge in [0.15, 0.2) is 0 Å². The lowest BCUT2D eigenvalue weighted by Crippen LogP contribution is -2.49. The van der Waals surface area contributed by atoms with Gasteiger partial charge in [-0.2, -0.15) is 0 Å². The van der Waals surface area contributed by atoms with Crippen LogP contribution in [0.1, 0.15) is 36.3 Å². The molecule has 4 nitrogen and oxygen atoms in total. The van der Waals surface area contributed by atoms with Crippen molar-refractivity contribution in [2.75, 3.05) is 6.54 Å². The SMILES string of the molecule is O=C(NCC1(C(=O)O)CCC1)C1Cc2ccccc21. The molecule has 19 heavy (non-hydrogen) atoms. The number of hydrogen-bond donors (Lipinski definition) is 2. The maximum Gasteiger partial charge on any atom is 0.311 e. The smallest absolute Gasteiger partial charge is 0.311 e. The molecule has 0 bridgehead atoms. The van der Waals surface area contributed by atoms with Crippen LogP contribution in [0.4, 0.5) is 0 Å². The van der Waals surface area contributed by atoms with Gasteiger partial charge in [0.2, 0.25) is 5.91 Å². The highest BCUT2D eigenvalue weighted by atomic mass is 16.4. The van der Waals surface area contributed by atoms with Crippen LogP contribution in [-0.2, 0) is 16.0 Å². The van der Waals surface area contributed by atoms with E-state index in [1.807, 2.05) is 24.3 Å². The van der Waals surface area contributed by atoms with Gasteiger partial charge in [0.05, 0.1) is 11.3 Å². The minimum Gasteiger partial charge on any atom is -0.481 e. The van der Waals surface area contributed by atoms with E-state index in [-0.39, 0.29) is 18.4 Å². The average molecular weight is 259 g/mol. The lowest BCUT2D eigenvalue weighted by molar-refractivity contribution is -0.154. The molecule has 1 aromatic rings. The van der Waals surface area contributed by atoms with Crippen molar-refractivity contribution in [3.63, 3.8) is 0 Å². The molecule has 100 valence electrons. The molecule has 2 N–H and O–H groups in total. The summed E-state index contributed by atoms with van der Waals surface area (Å²) in [5.41, 5.74) is 1.59. The number of fused-ring (bicyclic) bond motifs is 1. The predicted molar refractivity (Wildman–Crippen MR) is 69.8 cm³/mol. The maximum absolute atomic E-state index is 12.1. The van der Waals surface area contributed by atoms with Gasteiger partial charge in [-0.3, -0.25) is 9.59 Å². The van der Waals surface area contributed by atoms with Gasteiger partial charge in [0.25, 0.3) is 0 Å². The molecule has 0 saturated heterocycles. The number of benzene rings is 1. The molecule has 0 spiro atoms. The normalized spacial score (nSPS) is 22.6. The first-order chi connectivity index (χ1) is 9.12. The van der Waals surface area contributed by atoms with Crippen LogP contribution in [0.25, 0.3) is 0 Å². The van der Waals surface area contributed by atoms with E-state index in [2.05, 4.69) is 5.32 Å². The van der Waals surface area contributed by atoms with E-state index in [1.165, 1.54) is 5.56 Å². The quantitative estimate of drug-likeness (QED) is 0.864. The molecular formula is C15H17NO3. The number of carbonyl (C=O) groups excluding carboxylic acids is 1. The van der Waals surface area contributed by atoms with Gasteiger partial charge in [-0.1, -0.05) is 30.7 Å². The summed E-state index contributed by atoms with van der Waals surface area (Å²) < 4.78 is 0. The summed E-state index contributed by atoms with van der Waals surface area (Å²) >= 11 is 0. The molecule has 2 aliphatic rings. The van der Waals surface area contributed by atoms with E-state index in [0.29, 0.717) is 12.8 Å². The fourth-order valence-electron chi connectivity index (χ4n) is 2.94. The molecule has 1 fully saturated rings. The Balaban J connectivity index is 1.60. The zero-order chi connectivity index (χ0) is 13.5. The van der Waals surface area contributed by atoms with E-state index in [4.69, 9.17) is 0 Å². The third kappa shape index (κ3) is 1.91. The van der Waals surface area contributed by atoms with E-state index < -0.39 is 11.4 Å². The maximum atomic E-state index is 12.1. The van der Waals surface area contributed by atoms with Crippen molar-refractivity contribution < 1.29 is 14.7 Å². The van der Waals surface area contributed by atoms with Crippen LogP contribution < -0.4 is 5.32 Å². The van der Waals surface area contributed by atoms with Crippen molar-refractivity contribution in [1.82, 2.24) is 5.32 Å². The van der Waals surface area contributed by atoms with Crippen molar-refractivity contribution in [2.45, 2.75) is 31.6 Å². The second-order valence-electron chi connectivity index (χ2n) is 5.61. The third-order valence-electron chi connectivity index (χ3n) is 4.54. The Labute approximate surface area is 111 Å². The largest absolute Gasteiger partial charge is 0.481 e. The summed E-state index contributed by atoms with van der Waals surface area (Å²) in [6.45, 7) is 0.264. The first kappa shape index (κ1) is 12.2. The van der Waals surface area contributed by atoms with Gasteiger partial charge in [-0.25, -0.2) is 0 Å². The van der Waals surface area contributed by atoms with Crippen LogP contribution in [0.15, 0.2) is 24.3 Å². The van der Waals surface area contributed by atoms with E-state index in [0.717, 1.165) is 18.4 Å². The fourth-order valence-corrected chi connectivity index (χ4v) is 2.94. The van der Waals surface area contributed by atoms with E-state index in [1.54, 1.807) is 0 Å². The van der Waals surface area contributed by atoms with Crippen LogP contribution >= 0.6 is 0 Å². The minimum atomic E-state index is -0.784. The highest BCUT2D eigenvalue weighted by Gasteiger charge is 2.45. The van der Waals surface area contributed by atoms with Crippen LogP contribution in [0.2, 0.25) is 0 Å². The van der Waals surface area contributed by atoms with Gasteiger partial charge in [0, 0.05) is 6.54 Å². The Kier molecular flexibility index (Phi) is 2.81. The number of nitrogens with one attached hydrogen (secondary N) is 1. The summed E-state index contributed by atoms with van der Waals surface area (Å²) in [4.78, 5) is 23.3. The molecule has 3 rings (SSSR count). The van der Waals surface area contributed by atoms with Crippen molar-refractivity contribution in [3.8, 4) is 0 Å². The predicted octanol–water partition coefficient (Wildman–Crippen LogP) is 1.70. The Morgan fingerprint density at radius 3 is 2.63 bits per heavy atom. The van der Waals surface area contributed by atoms with Gasteiger partial charge in [0.1, 0.15) is 0 Å². The molecule has 4 heteroatoms. The molecule has 0 aliphatic heterocycles. The number of carboxylic acid groups (broad SMARTS) is 1. The number of amides is 1. The fraction of sp³-hybridized carbons (Fsp3) is 0.467. The molecule has 1 saturated carbocycles. The molecule has 1 aromatic carbocycles. The highest BCUT2D eigenvalue weighted by molar-refractivity contribution is 5.87. The molecule has 1 unspecified atom stereocenters. The van der Waals surface area contributed by atoms with Gasteiger partial charge in [-0.05, 0) is 30.4 Å². The molecule has 0 radical (unpaired) electrons. The first-order valence-electron chi connectivity index (χ1n) is 6.71. The van der Waals surface area contributed by atoms with Crippen LogP contribution in [0.3, 0.4) is 0 Å². The Hall–Kier alpha value is -1.84. The second kappa shape index (κ2) is 4.37. The van der Waals surface area contributed by atoms with Crippen molar-refractivity contribution in [2.24, 2.45) is 5.41 Å². The zero-order valence-corrected chi connectivity index (χ0v) is 10.7. The van der Waals surface area contributed by atoms with Crippen LogP contribution in [0, 0.1) is 5.41 Å². The molecule has 1 atom stereocenters. The number of carbonyl (C=O) groups is 2. The summed E-state index contributed by atoms with van der Waals surface area (Å²) in [5.74, 6) is -0.915. The third-order valence-corrected chi connectivity index (χ3v) is 4.54. The van der Waals surface area contributed by atoms with Crippen LogP contribution in [0.5, 0.6) is 0 Å². The van der Waals surface area contributed by atoms with Crippen molar-refractivity contribution in [1.29, 1.82) is 0 Å². The van der Waals surface area contributed by atoms with Gasteiger partial charge >= 0.3 is 5.97 Å². The van der Waals surface area contributed by atoms with Crippen LogP contribution in [-0.4, -0.2) is 23.5 Å². The lowest BCUT2D eigenvalue weighted by atomic mass is 9.68. The molecule has 0 heterocycles. The number of aliphatic carboxylic acids is 1. The Morgan fingerprint density at radius 1 is 1.32 bits per heavy atom. The topological polar surface area (TPSA) is 66.4 Å². The summed E-state index contributed by atoms with van der Waals surface area (Å²) in [6, 6.07) is 7.91. The monoisotopic (exact) mass is 259 g/mol. The first-order valence-corrected chi connectivity index (χ1v) is 6.71. The zero-order valence-electron chi connectivity index (χ0n) is 10.7. The molecule has 0 aromatic heterocycles. The lowest BCUT2D eigenvalue weighted by Gasteiger charge is -2.38. The average Bonchev–Trinajstić information content (AvgIpc) is 2.29. The Morgan fingerprint density at radius 2 is 2.05 bits per heavy atom. The van der Waals surface area contributed by atoms with Gasteiger partial charge < -0.3 is 10.4 Å².